The summed E-state index contributed by atoms with van der Waals surface area (Å²) in [4.78, 5) is 44.7. The fourth-order valence-corrected chi connectivity index (χ4v) is 2.62. The maximum atomic E-state index is 12.4. The van der Waals surface area contributed by atoms with Gasteiger partial charge in [0.05, 0.1) is 15.9 Å². The fourth-order valence-electron chi connectivity index (χ4n) is 2.62. The average molecular weight is 348 g/mol. The smallest absolute Gasteiger partial charge is 0.346 e. The number of nitro benzene ring substituents is 2. The molecule has 9 heteroatoms. The number of ketones is 1. The lowest BCUT2D eigenvalue weighted by Crippen LogP contribution is -2.43. The van der Waals surface area contributed by atoms with Crippen LogP contribution in [0.15, 0.2) is 29.8 Å². The molecular weight excluding hydrogens is 332 g/mol. The van der Waals surface area contributed by atoms with Crippen LogP contribution in [0.25, 0.3) is 0 Å². The zero-order valence-electron chi connectivity index (χ0n) is 13.7. The summed E-state index contributed by atoms with van der Waals surface area (Å²) in [7, 11) is 0. The first-order chi connectivity index (χ1) is 11.7. The largest absolute Gasteiger partial charge is 0.447 e. The molecule has 1 aliphatic rings. The molecule has 132 valence electrons. The van der Waals surface area contributed by atoms with E-state index < -0.39 is 38.4 Å². The molecule has 1 aromatic carbocycles. The summed E-state index contributed by atoms with van der Waals surface area (Å²) in [6, 6.07) is 2.65. The van der Waals surface area contributed by atoms with Gasteiger partial charge in [-0.2, -0.15) is 0 Å². The molecule has 9 nitrogen and oxygen atoms in total. The highest BCUT2D eigenvalue weighted by Crippen LogP contribution is 2.34. The van der Waals surface area contributed by atoms with Gasteiger partial charge in [0.2, 0.25) is 0 Å². The van der Waals surface area contributed by atoms with Crippen LogP contribution in [0.3, 0.4) is 0 Å². The number of Topliss-reactive ketones (excluding diaryl/α,β-unsaturated/α-hetero) is 1. The minimum Gasteiger partial charge on any atom is -0.447 e. The highest BCUT2D eigenvalue weighted by Gasteiger charge is 2.41. The van der Waals surface area contributed by atoms with E-state index in [-0.39, 0.29) is 18.6 Å². The predicted molar refractivity (Wildman–Crippen MR) is 86.2 cm³/mol. The normalized spacial score (nSPS) is 19.7. The van der Waals surface area contributed by atoms with Gasteiger partial charge in [-0.15, -0.1) is 0 Å². The van der Waals surface area contributed by atoms with E-state index in [0.29, 0.717) is 12.5 Å². The number of carbonyl (C=O) groups excluding carboxylic acids is 2. The van der Waals surface area contributed by atoms with Crippen LogP contribution < -0.4 is 0 Å². The van der Waals surface area contributed by atoms with Crippen LogP contribution in [-0.4, -0.2) is 27.2 Å². The van der Waals surface area contributed by atoms with E-state index in [9.17, 15) is 29.8 Å². The van der Waals surface area contributed by atoms with E-state index in [1.807, 2.05) is 6.92 Å². The molecule has 0 bridgehead atoms. The lowest BCUT2D eigenvalue weighted by molar-refractivity contribution is -0.394. The van der Waals surface area contributed by atoms with Crippen LogP contribution in [0.4, 0.5) is 11.4 Å². The number of ether oxygens (including phenoxy) is 1. The van der Waals surface area contributed by atoms with Gasteiger partial charge < -0.3 is 4.74 Å². The summed E-state index contributed by atoms with van der Waals surface area (Å²) < 4.78 is 5.36. The monoisotopic (exact) mass is 348 g/mol. The van der Waals surface area contributed by atoms with E-state index in [2.05, 4.69) is 0 Å². The van der Waals surface area contributed by atoms with Crippen molar-refractivity contribution in [3.8, 4) is 0 Å². The lowest BCUT2D eigenvalue weighted by Gasteiger charge is -2.33. The summed E-state index contributed by atoms with van der Waals surface area (Å²) in [5.74, 6) is -1.40. The van der Waals surface area contributed by atoms with Crippen molar-refractivity contribution in [2.75, 3.05) is 0 Å². The van der Waals surface area contributed by atoms with Crippen LogP contribution in [0.1, 0.15) is 43.5 Å². The zero-order chi connectivity index (χ0) is 18.8. The molecule has 0 saturated carbocycles. The van der Waals surface area contributed by atoms with Crippen molar-refractivity contribution in [2.24, 2.45) is 0 Å². The summed E-state index contributed by atoms with van der Waals surface area (Å²) in [6.07, 6.45) is 2.84. The van der Waals surface area contributed by atoms with Crippen molar-refractivity contribution in [1.82, 2.24) is 0 Å². The molecule has 1 unspecified atom stereocenters. The SMILES string of the molecule is CC(=O)C1(OC(=O)c2ccc([N+](=O)[O-])cc2[N+](=O)[O-])CC=C(C)CC1. The molecule has 1 aromatic rings. The second-order valence-corrected chi connectivity index (χ2v) is 5.91. The molecule has 2 rings (SSSR count). The molecule has 0 fully saturated rings. The molecule has 0 spiro atoms. The first-order valence-corrected chi connectivity index (χ1v) is 7.49. The highest BCUT2D eigenvalue weighted by molar-refractivity contribution is 5.97. The van der Waals surface area contributed by atoms with Crippen LogP contribution in [-0.2, 0) is 9.53 Å². The molecule has 0 amide bonds. The number of esters is 1. The number of carbonyl (C=O) groups is 2. The Labute approximate surface area is 142 Å². The summed E-state index contributed by atoms with van der Waals surface area (Å²) >= 11 is 0. The Balaban J connectivity index is 2.38. The van der Waals surface area contributed by atoms with Crippen molar-refractivity contribution in [3.63, 3.8) is 0 Å². The van der Waals surface area contributed by atoms with Crippen LogP contribution in [0, 0.1) is 20.2 Å². The van der Waals surface area contributed by atoms with Gasteiger partial charge in [0.25, 0.3) is 11.4 Å². The Bertz CT molecular complexity index is 800. The summed E-state index contributed by atoms with van der Waals surface area (Å²) in [6.45, 7) is 3.19. The Kier molecular flexibility index (Phi) is 4.96. The van der Waals surface area contributed by atoms with Gasteiger partial charge in [0.15, 0.2) is 11.4 Å². The van der Waals surface area contributed by atoms with E-state index in [4.69, 9.17) is 4.74 Å². The van der Waals surface area contributed by atoms with Gasteiger partial charge in [-0.25, -0.2) is 4.79 Å². The second kappa shape index (κ2) is 6.80. The third-order valence-corrected chi connectivity index (χ3v) is 4.24. The van der Waals surface area contributed by atoms with Crippen molar-refractivity contribution in [2.45, 2.75) is 38.7 Å². The molecule has 0 saturated heterocycles. The molecule has 0 aromatic heterocycles. The van der Waals surface area contributed by atoms with Gasteiger partial charge >= 0.3 is 5.97 Å². The van der Waals surface area contributed by atoms with E-state index >= 15 is 0 Å². The second-order valence-electron chi connectivity index (χ2n) is 5.91. The molecular formula is C16H16N2O7. The van der Waals surface area contributed by atoms with Gasteiger partial charge in [-0.3, -0.25) is 25.0 Å². The number of allylic oxidation sites excluding steroid dienone is 1. The maximum Gasteiger partial charge on any atom is 0.346 e. The Morgan fingerprint density at radius 2 is 1.88 bits per heavy atom. The van der Waals surface area contributed by atoms with Crippen LogP contribution in [0.5, 0.6) is 0 Å². The zero-order valence-corrected chi connectivity index (χ0v) is 13.7. The minimum atomic E-state index is -1.37. The molecule has 25 heavy (non-hydrogen) atoms. The van der Waals surface area contributed by atoms with Gasteiger partial charge in [0, 0.05) is 12.5 Å². The molecule has 1 atom stereocenters. The molecule has 0 radical (unpaired) electrons. The average Bonchev–Trinajstić information content (AvgIpc) is 2.56. The predicted octanol–water partition coefficient (Wildman–Crippen LogP) is 3.12. The maximum absolute atomic E-state index is 12.4. The van der Waals surface area contributed by atoms with Crippen molar-refractivity contribution in [3.05, 3.63) is 55.6 Å². The van der Waals surface area contributed by atoms with Crippen molar-refractivity contribution >= 4 is 23.1 Å². The summed E-state index contributed by atoms with van der Waals surface area (Å²) in [5.41, 5.74) is -1.98. The van der Waals surface area contributed by atoms with Gasteiger partial charge in [-0.1, -0.05) is 11.6 Å². The van der Waals surface area contributed by atoms with E-state index in [0.717, 1.165) is 17.7 Å². The molecule has 0 aliphatic heterocycles. The number of nitro groups is 2. The van der Waals surface area contributed by atoms with Crippen LogP contribution >= 0.6 is 0 Å². The highest BCUT2D eigenvalue weighted by atomic mass is 16.6. The number of non-ortho nitro benzene ring substituents is 1. The topological polar surface area (TPSA) is 130 Å². The third-order valence-electron chi connectivity index (χ3n) is 4.24. The van der Waals surface area contributed by atoms with E-state index in [1.54, 1.807) is 6.08 Å². The number of nitrogens with zero attached hydrogens (tertiary/aromatic N) is 2. The Hall–Kier alpha value is -3.10. The number of rotatable bonds is 5. The van der Waals surface area contributed by atoms with Gasteiger partial charge in [0.1, 0.15) is 5.56 Å². The van der Waals surface area contributed by atoms with Crippen LogP contribution in [0.2, 0.25) is 0 Å². The van der Waals surface area contributed by atoms with Crippen molar-refractivity contribution < 1.29 is 24.2 Å². The Morgan fingerprint density at radius 1 is 1.20 bits per heavy atom. The van der Waals surface area contributed by atoms with Gasteiger partial charge in [-0.05, 0) is 32.8 Å². The summed E-state index contributed by atoms with van der Waals surface area (Å²) in [5, 5.41) is 21.9. The first kappa shape index (κ1) is 18.2. The van der Waals surface area contributed by atoms with Crippen molar-refractivity contribution in [1.29, 1.82) is 0 Å². The first-order valence-electron chi connectivity index (χ1n) is 7.49. The minimum absolute atomic E-state index is 0.195. The fraction of sp³-hybridized carbons (Fsp3) is 0.375. The number of hydrogen-bond donors (Lipinski definition) is 0. The number of benzene rings is 1. The molecule has 0 heterocycles. The number of hydrogen-bond acceptors (Lipinski definition) is 7. The van der Waals surface area contributed by atoms with E-state index in [1.165, 1.54) is 6.92 Å². The Morgan fingerprint density at radius 3 is 2.36 bits per heavy atom. The molecule has 0 N–H and O–H groups in total. The standard InChI is InChI=1S/C16H16N2O7/c1-10-5-7-16(8-6-10,11(2)19)25-15(20)13-4-3-12(17(21)22)9-14(13)18(23)24/h3-5,9H,6-8H2,1-2H3. The molecule has 1 aliphatic carbocycles. The third kappa shape index (κ3) is 3.70. The lowest BCUT2D eigenvalue weighted by atomic mass is 9.83. The quantitative estimate of drug-likeness (QED) is 0.346.